The second kappa shape index (κ2) is 8.67. The van der Waals surface area contributed by atoms with Crippen LogP contribution in [0.15, 0.2) is 30.3 Å². The number of ether oxygens (including phenoxy) is 1. The zero-order valence-corrected chi connectivity index (χ0v) is 14.6. The molecule has 1 N–H and O–H groups in total. The first-order valence-electron chi connectivity index (χ1n) is 8.33. The number of nitrogens with one attached hydrogen (secondary N) is 1. The van der Waals surface area contributed by atoms with Crippen molar-refractivity contribution < 1.29 is 9.53 Å². The average Bonchev–Trinajstić information content (AvgIpc) is 3.00. The van der Waals surface area contributed by atoms with Gasteiger partial charge in [-0.1, -0.05) is 30.3 Å². The van der Waals surface area contributed by atoms with E-state index in [2.05, 4.69) is 34.5 Å². The van der Waals surface area contributed by atoms with Gasteiger partial charge in [-0.05, 0) is 37.4 Å². The second-order valence-corrected chi connectivity index (χ2v) is 6.56. The predicted octanol–water partition coefficient (Wildman–Crippen LogP) is 2.30. The summed E-state index contributed by atoms with van der Waals surface area (Å²) in [6.45, 7) is 5.16. The highest BCUT2D eigenvalue weighted by Crippen LogP contribution is 2.34. The van der Waals surface area contributed by atoms with Crippen molar-refractivity contribution in [2.75, 3.05) is 39.8 Å². The molecule has 2 aliphatic rings. The molecule has 1 aromatic rings. The van der Waals surface area contributed by atoms with E-state index in [9.17, 15) is 4.79 Å². The second-order valence-electron chi connectivity index (χ2n) is 6.56. The molecule has 2 saturated heterocycles. The molecule has 0 bridgehead atoms. The van der Waals surface area contributed by atoms with Crippen LogP contribution >= 0.6 is 12.4 Å². The van der Waals surface area contributed by atoms with Gasteiger partial charge in [-0.15, -0.1) is 12.4 Å². The van der Waals surface area contributed by atoms with Gasteiger partial charge in [0, 0.05) is 25.6 Å². The lowest BCUT2D eigenvalue weighted by Crippen LogP contribution is -2.35. The number of hydrogen-bond acceptors (Lipinski definition) is 4. The first-order valence-corrected chi connectivity index (χ1v) is 8.33. The van der Waals surface area contributed by atoms with E-state index in [1.54, 1.807) is 0 Å². The Labute approximate surface area is 145 Å². The molecule has 2 heterocycles. The highest BCUT2D eigenvalue weighted by atomic mass is 35.5. The van der Waals surface area contributed by atoms with E-state index in [1.807, 2.05) is 6.07 Å². The summed E-state index contributed by atoms with van der Waals surface area (Å²) in [4.78, 5) is 14.6. The molecular weight excluding hydrogens is 312 g/mol. The van der Waals surface area contributed by atoms with Crippen LogP contribution in [0.2, 0.25) is 0 Å². The molecule has 2 atom stereocenters. The quantitative estimate of drug-likeness (QED) is 0.855. The first kappa shape index (κ1) is 18.2. The highest BCUT2D eigenvalue weighted by Gasteiger charge is 2.39. The zero-order chi connectivity index (χ0) is 15.4. The summed E-state index contributed by atoms with van der Waals surface area (Å²) in [7, 11) is 1.50. The van der Waals surface area contributed by atoms with E-state index in [4.69, 9.17) is 4.74 Å². The molecule has 23 heavy (non-hydrogen) atoms. The maximum Gasteiger partial charge on any atom is 0.310 e. The number of halogens is 1. The molecule has 2 aliphatic heterocycles. The van der Waals surface area contributed by atoms with Crippen LogP contribution in [0.3, 0.4) is 0 Å². The van der Waals surface area contributed by atoms with Crippen LogP contribution in [0.4, 0.5) is 0 Å². The van der Waals surface area contributed by atoms with E-state index >= 15 is 0 Å². The van der Waals surface area contributed by atoms with Crippen molar-refractivity contribution >= 4 is 18.4 Å². The summed E-state index contributed by atoms with van der Waals surface area (Å²) >= 11 is 0. The topological polar surface area (TPSA) is 41.6 Å². The van der Waals surface area contributed by atoms with E-state index in [0.29, 0.717) is 0 Å². The third-order valence-electron chi connectivity index (χ3n) is 5.10. The summed E-state index contributed by atoms with van der Waals surface area (Å²) in [6, 6.07) is 10.4. The Hall–Kier alpha value is -1.10. The van der Waals surface area contributed by atoms with Crippen molar-refractivity contribution in [3.05, 3.63) is 35.9 Å². The van der Waals surface area contributed by atoms with Gasteiger partial charge in [0.25, 0.3) is 0 Å². The SMILES string of the molecule is COC(=O)[C@@H]1CN(CC2CCNCC2)C[C@H]1c1ccccc1.Cl. The number of methoxy groups -OCH3 is 1. The van der Waals surface area contributed by atoms with Crippen molar-refractivity contribution in [1.82, 2.24) is 10.2 Å². The van der Waals surface area contributed by atoms with Crippen LogP contribution < -0.4 is 5.32 Å². The average molecular weight is 339 g/mol. The third-order valence-corrected chi connectivity index (χ3v) is 5.10. The number of benzene rings is 1. The normalized spacial score (nSPS) is 25.8. The maximum absolute atomic E-state index is 12.2. The largest absolute Gasteiger partial charge is 0.469 e. The van der Waals surface area contributed by atoms with Gasteiger partial charge >= 0.3 is 5.97 Å². The van der Waals surface area contributed by atoms with Crippen molar-refractivity contribution in [2.45, 2.75) is 18.8 Å². The number of carbonyl (C=O) groups is 1. The van der Waals surface area contributed by atoms with Gasteiger partial charge in [-0.2, -0.15) is 0 Å². The summed E-state index contributed by atoms with van der Waals surface area (Å²) in [5.41, 5.74) is 1.26. The van der Waals surface area contributed by atoms with Gasteiger partial charge in [-0.3, -0.25) is 4.79 Å². The molecule has 0 saturated carbocycles. The molecule has 1 aromatic carbocycles. The molecule has 3 rings (SSSR count). The Morgan fingerprint density at radius 1 is 1.22 bits per heavy atom. The lowest BCUT2D eigenvalue weighted by molar-refractivity contribution is -0.145. The maximum atomic E-state index is 12.2. The molecule has 128 valence electrons. The number of nitrogens with zero attached hydrogens (tertiary/aromatic N) is 1. The van der Waals surface area contributed by atoms with Crippen molar-refractivity contribution in [2.24, 2.45) is 11.8 Å². The fourth-order valence-electron chi connectivity index (χ4n) is 3.89. The Balaban J connectivity index is 0.00000192. The molecule has 5 heteroatoms. The Bertz CT molecular complexity index is 491. The molecule has 0 radical (unpaired) electrons. The number of hydrogen-bond donors (Lipinski definition) is 1. The van der Waals surface area contributed by atoms with Gasteiger partial charge in [0.05, 0.1) is 13.0 Å². The number of rotatable bonds is 4. The van der Waals surface area contributed by atoms with E-state index in [1.165, 1.54) is 25.5 Å². The van der Waals surface area contributed by atoms with Crippen LogP contribution in [-0.2, 0) is 9.53 Å². The van der Waals surface area contributed by atoms with E-state index in [0.717, 1.165) is 38.6 Å². The fourth-order valence-corrected chi connectivity index (χ4v) is 3.89. The van der Waals surface area contributed by atoms with E-state index in [-0.39, 0.29) is 30.2 Å². The summed E-state index contributed by atoms with van der Waals surface area (Å²) in [6.07, 6.45) is 2.49. The van der Waals surface area contributed by atoms with Gasteiger partial charge in [0.2, 0.25) is 0 Å². The minimum atomic E-state index is -0.0679. The van der Waals surface area contributed by atoms with Gasteiger partial charge in [-0.25, -0.2) is 0 Å². The van der Waals surface area contributed by atoms with Crippen LogP contribution in [0, 0.1) is 11.8 Å². The standard InChI is InChI=1S/C18H26N2O2.ClH/c1-22-18(21)17-13-20(11-14-7-9-19-10-8-14)12-16(17)15-5-3-2-4-6-15;/h2-6,14,16-17,19H,7-13H2,1H3;1H/t16-,17+;/m0./s1. The van der Waals surface area contributed by atoms with Crippen LogP contribution in [0.25, 0.3) is 0 Å². The van der Waals surface area contributed by atoms with Gasteiger partial charge in [0.15, 0.2) is 0 Å². The lowest BCUT2D eigenvalue weighted by Gasteiger charge is -2.27. The minimum Gasteiger partial charge on any atom is -0.469 e. The molecule has 0 amide bonds. The molecular formula is C18H27ClN2O2. The number of piperidine rings is 1. The monoisotopic (exact) mass is 338 g/mol. The Kier molecular flexibility index (Phi) is 6.88. The van der Waals surface area contributed by atoms with Crippen molar-refractivity contribution in [3.63, 3.8) is 0 Å². The number of likely N-dealkylation sites (tertiary alicyclic amines) is 1. The zero-order valence-electron chi connectivity index (χ0n) is 13.7. The van der Waals surface area contributed by atoms with Crippen LogP contribution in [-0.4, -0.2) is 50.7 Å². The first-order chi connectivity index (χ1) is 10.8. The fraction of sp³-hybridized carbons (Fsp3) is 0.611. The smallest absolute Gasteiger partial charge is 0.310 e. The van der Waals surface area contributed by atoms with Crippen molar-refractivity contribution in [1.29, 1.82) is 0 Å². The molecule has 0 unspecified atom stereocenters. The lowest BCUT2D eigenvalue weighted by atomic mass is 9.89. The molecule has 4 nitrogen and oxygen atoms in total. The Morgan fingerprint density at radius 3 is 2.57 bits per heavy atom. The van der Waals surface area contributed by atoms with Gasteiger partial charge < -0.3 is 15.0 Å². The number of esters is 1. The van der Waals surface area contributed by atoms with Gasteiger partial charge in [0.1, 0.15) is 0 Å². The summed E-state index contributed by atoms with van der Waals surface area (Å²) < 4.78 is 5.05. The molecule has 0 aromatic heterocycles. The Morgan fingerprint density at radius 2 is 1.91 bits per heavy atom. The summed E-state index contributed by atoms with van der Waals surface area (Å²) in [5.74, 6) is 0.917. The highest BCUT2D eigenvalue weighted by molar-refractivity contribution is 5.85. The number of carbonyl (C=O) groups excluding carboxylic acids is 1. The van der Waals surface area contributed by atoms with E-state index < -0.39 is 0 Å². The van der Waals surface area contributed by atoms with Crippen molar-refractivity contribution in [3.8, 4) is 0 Å². The molecule has 2 fully saturated rings. The molecule has 0 spiro atoms. The van der Waals surface area contributed by atoms with Crippen LogP contribution in [0.1, 0.15) is 24.3 Å². The summed E-state index contributed by atoms with van der Waals surface area (Å²) in [5, 5.41) is 3.42. The minimum absolute atomic E-state index is 0. The molecule has 0 aliphatic carbocycles. The third kappa shape index (κ3) is 4.46. The van der Waals surface area contributed by atoms with Crippen LogP contribution in [0.5, 0.6) is 0 Å². The predicted molar refractivity (Wildman–Crippen MR) is 94.0 cm³/mol.